The summed E-state index contributed by atoms with van der Waals surface area (Å²) in [6, 6.07) is 14.7. The summed E-state index contributed by atoms with van der Waals surface area (Å²) in [6.45, 7) is 2.63. The van der Waals surface area contributed by atoms with Crippen molar-refractivity contribution in [3.63, 3.8) is 0 Å². The summed E-state index contributed by atoms with van der Waals surface area (Å²) in [6.07, 6.45) is 0. The lowest BCUT2D eigenvalue weighted by atomic mass is 10.1. The van der Waals surface area contributed by atoms with Crippen molar-refractivity contribution in [2.24, 2.45) is 0 Å². The highest BCUT2D eigenvalue weighted by molar-refractivity contribution is 9.10. The van der Waals surface area contributed by atoms with Crippen molar-refractivity contribution >= 4 is 27.5 Å². The monoisotopic (exact) mass is 371 g/mol. The van der Waals surface area contributed by atoms with E-state index in [2.05, 4.69) is 36.8 Å². The SMILES string of the molecule is CCn1nnnc1-c1cccc(C(=O)Nc2ccc(Br)cc2)c1. The number of anilines is 1. The van der Waals surface area contributed by atoms with Crippen LogP contribution in [0.2, 0.25) is 0 Å². The third-order valence-electron chi connectivity index (χ3n) is 3.32. The molecule has 7 heteroatoms. The molecule has 0 fully saturated rings. The van der Waals surface area contributed by atoms with Gasteiger partial charge in [-0.25, -0.2) is 4.68 Å². The number of nitrogens with zero attached hydrogens (tertiary/aromatic N) is 4. The van der Waals surface area contributed by atoms with Gasteiger partial charge in [-0.2, -0.15) is 0 Å². The summed E-state index contributed by atoms with van der Waals surface area (Å²) in [5.74, 6) is 0.468. The van der Waals surface area contributed by atoms with E-state index in [-0.39, 0.29) is 5.91 Å². The van der Waals surface area contributed by atoms with E-state index in [0.717, 1.165) is 15.7 Å². The molecule has 0 radical (unpaired) electrons. The highest BCUT2D eigenvalue weighted by atomic mass is 79.9. The van der Waals surface area contributed by atoms with E-state index in [1.54, 1.807) is 16.8 Å². The van der Waals surface area contributed by atoms with Crippen molar-refractivity contribution in [1.29, 1.82) is 0 Å². The van der Waals surface area contributed by atoms with E-state index in [1.807, 2.05) is 43.3 Å². The molecule has 0 bridgehead atoms. The van der Waals surface area contributed by atoms with Gasteiger partial charge in [0.25, 0.3) is 5.91 Å². The van der Waals surface area contributed by atoms with Gasteiger partial charge in [-0.05, 0) is 53.7 Å². The number of hydrogen-bond acceptors (Lipinski definition) is 4. The fourth-order valence-corrected chi connectivity index (χ4v) is 2.42. The highest BCUT2D eigenvalue weighted by Crippen LogP contribution is 2.19. The number of aryl methyl sites for hydroxylation is 1. The number of carbonyl (C=O) groups is 1. The van der Waals surface area contributed by atoms with Gasteiger partial charge in [0.2, 0.25) is 0 Å². The molecule has 0 saturated heterocycles. The fraction of sp³-hybridized carbons (Fsp3) is 0.125. The maximum Gasteiger partial charge on any atom is 0.255 e. The van der Waals surface area contributed by atoms with Crippen molar-refractivity contribution < 1.29 is 4.79 Å². The molecule has 0 spiro atoms. The number of hydrogen-bond donors (Lipinski definition) is 1. The standard InChI is InChI=1S/C16H14BrN5O/c1-2-22-15(19-20-21-22)11-4-3-5-12(10-11)16(23)18-14-8-6-13(17)7-9-14/h3-10H,2H2,1H3,(H,18,23). The molecular formula is C16H14BrN5O. The van der Waals surface area contributed by atoms with Crippen LogP contribution < -0.4 is 5.32 Å². The summed E-state index contributed by atoms with van der Waals surface area (Å²) in [4.78, 5) is 12.4. The Morgan fingerprint density at radius 3 is 2.74 bits per heavy atom. The van der Waals surface area contributed by atoms with Gasteiger partial charge < -0.3 is 5.32 Å². The second-order valence-corrected chi connectivity index (χ2v) is 5.78. The van der Waals surface area contributed by atoms with Crippen LogP contribution in [0.1, 0.15) is 17.3 Å². The van der Waals surface area contributed by atoms with Gasteiger partial charge in [0.05, 0.1) is 0 Å². The van der Waals surface area contributed by atoms with Crippen LogP contribution in [0.25, 0.3) is 11.4 Å². The summed E-state index contributed by atoms with van der Waals surface area (Å²) in [5.41, 5.74) is 2.10. The van der Waals surface area contributed by atoms with Gasteiger partial charge in [0.1, 0.15) is 0 Å². The predicted molar refractivity (Wildman–Crippen MR) is 91.0 cm³/mol. The van der Waals surface area contributed by atoms with Gasteiger partial charge in [-0.1, -0.05) is 28.1 Å². The molecule has 1 N–H and O–H groups in total. The van der Waals surface area contributed by atoms with Crippen LogP contribution in [0.3, 0.4) is 0 Å². The van der Waals surface area contributed by atoms with Crippen molar-refractivity contribution in [3.05, 3.63) is 58.6 Å². The summed E-state index contributed by atoms with van der Waals surface area (Å²) >= 11 is 3.37. The molecule has 6 nitrogen and oxygen atoms in total. The van der Waals surface area contributed by atoms with Gasteiger partial charge in [-0.15, -0.1) is 5.10 Å². The molecule has 1 aromatic heterocycles. The third-order valence-corrected chi connectivity index (χ3v) is 3.85. The average Bonchev–Trinajstić information content (AvgIpc) is 3.06. The molecule has 0 saturated carbocycles. The second-order valence-electron chi connectivity index (χ2n) is 4.86. The zero-order chi connectivity index (χ0) is 16.2. The number of amides is 1. The topological polar surface area (TPSA) is 72.7 Å². The molecule has 0 aliphatic carbocycles. The molecule has 0 unspecified atom stereocenters. The van der Waals surface area contributed by atoms with E-state index in [1.165, 1.54) is 0 Å². The summed E-state index contributed by atoms with van der Waals surface area (Å²) in [7, 11) is 0. The van der Waals surface area contributed by atoms with Crippen LogP contribution in [0.15, 0.2) is 53.0 Å². The Bertz CT molecular complexity index is 828. The molecular weight excluding hydrogens is 358 g/mol. The van der Waals surface area contributed by atoms with E-state index >= 15 is 0 Å². The number of carbonyl (C=O) groups excluding carboxylic acids is 1. The van der Waals surface area contributed by atoms with E-state index < -0.39 is 0 Å². The van der Waals surface area contributed by atoms with Crippen molar-refractivity contribution in [1.82, 2.24) is 20.2 Å². The number of nitrogens with one attached hydrogen (secondary N) is 1. The molecule has 3 rings (SSSR count). The zero-order valence-corrected chi connectivity index (χ0v) is 14.0. The highest BCUT2D eigenvalue weighted by Gasteiger charge is 2.11. The lowest BCUT2D eigenvalue weighted by Gasteiger charge is -2.07. The first-order chi connectivity index (χ1) is 11.2. The van der Waals surface area contributed by atoms with Gasteiger partial charge in [0, 0.05) is 27.8 Å². The largest absolute Gasteiger partial charge is 0.322 e. The lowest BCUT2D eigenvalue weighted by molar-refractivity contribution is 0.102. The minimum Gasteiger partial charge on any atom is -0.322 e. The van der Waals surface area contributed by atoms with Crippen LogP contribution in [-0.2, 0) is 6.54 Å². The number of halogens is 1. The lowest BCUT2D eigenvalue weighted by Crippen LogP contribution is -2.12. The van der Waals surface area contributed by atoms with E-state index in [0.29, 0.717) is 17.9 Å². The number of benzene rings is 2. The molecule has 23 heavy (non-hydrogen) atoms. The molecule has 0 atom stereocenters. The Morgan fingerprint density at radius 2 is 2.00 bits per heavy atom. The van der Waals surface area contributed by atoms with Gasteiger partial charge in [0.15, 0.2) is 5.82 Å². The van der Waals surface area contributed by atoms with Crippen LogP contribution in [0.4, 0.5) is 5.69 Å². The molecule has 3 aromatic rings. The Kier molecular flexibility index (Phi) is 4.47. The Labute approximate surface area is 141 Å². The Hall–Kier alpha value is -2.54. The van der Waals surface area contributed by atoms with Crippen molar-refractivity contribution in [3.8, 4) is 11.4 Å². The molecule has 0 aliphatic heterocycles. The molecule has 2 aromatic carbocycles. The number of aromatic nitrogens is 4. The third kappa shape index (κ3) is 3.45. The minimum absolute atomic E-state index is 0.176. The van der Waals surface area contributed by atoms with E-state index in [9.17, 15) is 4.79 Å². The average molecular weight is 372 g/mol. The van der Waals surface area contributed by atoms with E-state index in [4.69, 9.17) is 0 Å². The molecule has 1 heterocycles. The van der Waals surface area contributed by atoms with Crippen molar-refractivity contribution in [2.45, 2.75) is 13.5 Å². The van der Waals surface area contributed by atoms with Crippen molar-refractivity contribution in [2.75, 3.05) is 5.32 Å². The molecule has 116 valence electrons. The normalized spacial score (nSPS) is 10.5. The smallest absolute Gasteiger partial charge is 0.255 e. The first-order valence-electron chi connectivity index (χ1n) is 7.11. The fourth-order valence-electron chi connectivity index (χ4n) is 2.16. The first kappa shape index (κ1) is 15.4. The molecule has 0 aliphatic rings. The van der Waals surface area contributed by atoms with Gasteiger partial charge in [-0.3, -0.25) is 4.79 Å². The van der Waals surface area contributed by atoms with Crippen LogP contribution in [0, 0.1) is 0 Å². The Morgan fingerprint density at radius 1 is 1.22 bits per heavy atom. The maximum atomic E-state index is 12.4. The summed E-state index contributed by atoms with van der Waals surface area (Å²) in [5, 5.41) is 14.5. The number of rotatable bonds is 4. The number of tetrazole rings is 1. The molecule has 1 amide bonds. The van der Waals surface area contributed by atoms with Gasteiger partial charge >= 0.3 is 0 Å². The predicted octanol–water partition coefficient (Wildman–Crippen LogP) is 3.37. The van der Waals surface area contributed by atoms with Crippen LogP contribution in [0.5, 0.6) is 0 Å². The summed E-state index contributed by atoms with van der Waals surface area (Å²) < 4.78 is 2.65. The first-order valence-corrected chi connectivity index (χ1v) is 7.90. The minimum atomic E-state index is -0.176. The quantitative estimate of drug-likeness (QED) is 0.762. The van der Waals surface area contributed by atoms with Crippen LogP contribution >= 0.6 is 15.9 Å². The van der Waals surface area contributed by atoms with Crippen LogP contribution in [-0.4, -0.2) is 26.1 Å². The maximum absolute atomic E-state index is 12.4. The Balaban J connectivity index is 1.84. The second kappa shape index (κ2) is 6.70. The zero-order valence-electron chi connectivity index (χ0n) is 12.4.